The van der Waals surface area contributed by atoms with Crippen molar-refractivity contribution in [3.8, 4) is 17.2 Å². The second kappa shape index (κ2) is 4.65. The van der Waals surface area contributed by atoms with E-state index in [2.05, 4.69) is 4.98 Å². The quantitative estimate of drug-likeness (QED) is 0.681. The molecular weight excluding hydrogens is 254 g/mol. The van der Waals surface area contributed by atoms with Crippen molar-refractivity contribution in [2.24, 2.45) is 0 Å². The number of hydrogen-bond acceptors (Lipinski definition) is 4. The van der Waals surface area contributed by atoms with Crippen molar-refractivity contribution in [1.29, 1.82) is 0 Å². The van der Waals surface area contributed by atoms with E-state index in [1.165, 1.54) is 0 Å². The third-order valence-corrected chi connectivity index (χ3v) is 3.22. The van der Waals surface area contributed by atoms with E-state index in [4.69, 9.17) is 13.9 Å². The maximum absolute atomic E-state index is 5.76. The molecule has 20 heavy (non-hydrogen) atoms. The Hall–Kier alpha value is -2.33. The summed E-state index contributed by atoms with van der Waals surface area (Å²) in [6.07, 6.45) is 0.253. The first-order chi connectivity index (χ1) is 9.88. The van der Waals surface area contributed by atoms with Gasteiger partial charge in [-0.1, -0.05) is 18.2 Å². The van der Waals surface area contributed by atoms with Crippen LogP contribution < -0.4 is 4.74 Å². The minimum atomic E-state index is 0.253. The molecule has 4 heteroatoms. The molecule has 4 nitrogen and oxygen atoms in total. The van der Waals surface area contributed by atoms with Gasteiger partial charge in [-0.05, 0) is 24.3 Å². The lowest BCUT2D eigenvalue weighted by molar-refractivity contribution is 0.263. The summed E-state index contributed by atoms with van der Waals surface area (Å²) in [7, 11) is 0. The van der Waals surface area contributed by atoms with Gasteiger partial charge in [-0.3, -0.25) is 0 Å². The molecule has 4 rings (SSSR count). The zero-order valence-electron chi connectivity index (χ0n) is 10.8. The summed E-state index contributed by atoms with van der Waals surface area (Å²) < 4.78 is 16.5. The van der Waals surface area contributed by atoms with Crippen LogP contribution in [0.2, 0.25) is 0 Å². The fourth-order valence-corrected chi connectivity index (χ4v) is 2.05. The Morgan fingerprint density at radius 3 is 2.80 bits per heavy atom. The lowest BCUT2D eigenvalue weighted by atomic mass is 10.2. The molecule has 0 saturated carbocycles. The Morgan fingerprint density at radius 2 is 2.00 bits per heavy atom. The molecule has 1 atom stereocenters. The maximum atomic E-state index is 5.76. The van der Waals surface area contributed by atoms with Crippen LogP contribution in [0, 0.1) is 0 Å². The molecule has 1 aromatic heterocycles. The van der Waals surface area contributed by atoms with Gasteiger partial charge in [-0.15, -0.1) is 0 Å². The van der Waals surface area contributed by atoms with Crippen molar-refractivity contribution >= 4 is 11.1 Å². The van der Waals surface area contributed by atoms with Crippen LogP contribution in [0.15, 0.2) is 52.9 Å². The third kappa shape index (κ3) is 2.26. The van der Waals surface area contributed by atoms with Gasteiger partial charge in [0, 0.05) is 11.6 Å². The average molecular weight is 267 g/mol. The van der Waals surface area contributed by atoms with Crippen molar-refractivity contribution < 1.29 is 13.9 Å². The summed E-state index contributed by atoms with van der Waals surface area (Å²) in [6.45, 7) is 1.39. The van der Waals surface area contributed by atoms with E-state index in [-0.39, 0.29) is 6.10 Å². The van der Waals surface area contributed by atoms with Gasteiger partial charge >= 0.3 is 0 Å². The van der Waals surface area contributed by atoms with Crippen molar-refractivity contribution in [2.75, 3.05) is 13.2 Å². The van der Waals surface area contributed by atoms with E-state index in [9.17, 15) is 0 Å². The first kappa shape index (κ1) is 11.5. The maximum Gasteiger partial charge on any atom is 0.227 e. The van der Waals surface area contributed by atoms with Gasteiger partial charge in [0.25, 0.3) is 0 Å². The van der Waals surface area contributed by atoms with Gasteiger partial charge in [0.15, 0.2) is 5.58 Å². The lowest BCUT2D eigenvalue weighted by Crippen LogP contribution is -2.03. The number of benzene rings is 2. The highest BCUT2D eigenvalue weighted by Crippen LogP contribution is 2.27. The number of nitrogens with zero attached hydrogens (tertiary/aromatic N) is 1. The summed E-state index contributed by atoms with van der Waals surface area (Å²) >= 11 is 0. The summed E-state index contributed by atoms with van der Waals surface area (Å²) in [5.41, 5.74) is 2.54. The second-order valence-electron chi connectivity index (χ2n) is 4.78. The Bertz CT molecular complexity index is 732. The van der Waals surface area contributed by atoms with Crippen LogP contribution in [0.4, 0.5) is 0 Å². The van der Waals surface area contributed by atoms with Crippen LogP contribution in [-0.2, 0) is 4.74 Å². The molecule has 0 radical (unpaired) electrons. The molecule has 0 spiro atoms. The molecule has 1 saturated heterocycles. The Kier molecular flexibility index (Phi) is 2.67. The van der Waals surface area contributed by atoms with Crippen LogP contribution in [0.3, 0.4) is 0 Å². The fraction of sp³-hybridized carbons (Fsp3) is 0.188. The predicted octanol–water partition coefficient (Wildman–Crippen LogP) is 3.27. The molecule has 0 aliphatic carbocycles. The van der Waals surface area contributed by atoms with E-state index in [1.807, 2.05) is 48.5 Å². The minimum Gasteiger partial charge on any atom is -0.491 e. The van der Waals surface area contributed by atoms with E-state index in [0.29, 0.717) is 12.5 Å². The van der Waals surface area contributed by atoms with Gasteiger partial charge in [0.1, 0.15) is 24.0 Å². The molecule has 0 N–H and O–H groups in total. The highest BCUT2D eigenvalue weighted by molar-refractivity contribution is 5.77. The molecule has 1 aliphatic rings. The number of oxazole rings is 1. The van der Waals surface area contributed by atoms with E-state index in [0.717, 1.165) is 29.0 Å². The summed E-state index contributed by atoms with van der Waals surface area (Å²) in [4.78, 5) is 4.51. The minimum absolute atomic E-state index is 0.253. The normalized spacial score (nSPS) is 17.3. The topological polar surface area (TPSA) is 47.8 Å². The molecule has 2 aromatic carbocycles. The van der Waals surface area contributed by atoms with Crippen molar-refractivity contribution in [3.05, 3.63) is 48.5 Å². The molecule has 0 amide bonds. The van der Waals surface area contributed by atoms with E-state index in [1.54, 1.807) is 0 Å². The summed E-state index contributed by atoms with van der Waals surface area (Å²) in [5, 5.41) is 0. The van der Waals surface area contributed by atoms with Gasteiger partial charge in [0.2, 0.25) is 5.89 Å². The van der Waals surface area contributed by atoms with Crippen LogP contribution in [-0.4, -0.2) is 24.3 Å². The third-order valence-electron chi connectivity index (χ3n) is 3.22. The molecule has 3 aromatic rings. The second-order valence-corrected chi connectivity index (χ2v) is 4.78. The van der Waals surface area contributed by atoms with Crippen LogP contribution >= 0.6 is 0 Å². The number of fused-ring (bicyclic) bond motifs is 1. The standard InChI is InChI=1S/C16H13NO3/c1-2-4-11(5-3-1)16-17-14-8-12(6-7-15(14)20-16)18-9-13-10-19-13/h1-8,13H,9-10H2. The van der Waals surface area contributed by atoms with Gasteiger partial charge in [0.05, 0.1) is 6.61 Å². The Balaban J connectivity index is 1.64. The molecule has 1 unspecified atom stereocenters. The number of epoxide rings is 1. The summed E-state index contributed by atoms with van der Waals surface area (Å²) in [5.74, 6) is 1.42. The molecule has 1 aliphatic heterocycles. The molecule has 100 valence electrons. The molecule has 2 heterocycles. The van der Waals surface area contributed by atoms with Gasteiger partial charge in [-0.2, -0.15) is 0 Å². The monoisotopic (exact) mass is 267 g/mol. The largest absolute Gasteiger partial charge is 0.491 e. The van der Waals surface area contributed by atoms with Crippen molar-refractivity contribution in [1.82, 2.24) is 4.98 Å². The number of ether oxygens (including phenoxy) is 2. The van der Waals surface area contributed by atoms with E-state index < -0.39 is 0 Å². The molecule has 0 bridgehead atoms. The number of rotatable bonds is 4. The highest BCUT2D eigenvalue weighted by Gasteiger charge is 2.23. The predicted molar refractivity (Wildman–Crippen MR) is 74.7 cm³/mol. The van der Waals surface area contributed by atoms with Crippen molar-refractivity contribution in [3.63, 3.8) is 0 Å². The number of aromatic nitrogens is 1. The van der Waals surface area contributed by atoms with Crippen LogP contribution in [0.25, 0.3) is 22.6 Å². The smallest absolute Gasteiger partial charge is 0.227 e. The van der Waals surface area contributed by atoms with Crippen LogP contribution in [0.5, 0.6) is 5.75 Å². The average Bonchev–Trinajstić information content (AvgIpc) is 3.23. The first-order valence-corrected chi connectivity index (χ1v) is 6.59. The van der Waals surface area contributed by atoms with Crippen molar-refractivity contribution in [2.45, 2.75) is 6.10 Å². The first-order valence-electron chi connectivity index (χ1n) is 6.59. The van der Waals surface area contributed by atoms with Gasteiger partial charge < -0.3 is 13.9 Å². The number of hydrogen-bond donors (Lipinski definition) is 0. The molecule has 1 fully saturated rings. The lowest BCUT2D eigenvalue weighted by Gasteiger charge is -2.02. The highest BCUT2D eigenvalue weighted by atomic mass is 16.6. The zero-order valence-corrected chi connectivity index (χ0v) is 10.8. The van der Waals surface area contributed by atoms with Crippen LogP contribution in [0.1, 0.15) is 0 Å². The Labute approximate surface area is 116 Å². The zero-order chi connectivity index (χ0) is 13.4. The summed E-state index contributed by atoms with van der Waals surface area (Å²) in [6, 6.07) is 15.5. The Morgan fingerprint density at radius 1 is 1.15 bits per heavy atom. The van der Waals surface area contributed by atoms with Gasteiger partial charge in [-0.25, -0.2) is 4.98 Å². The fourth-order valence-electron chi connectivity index (χ4n) is 2.05. The molecular formula is C16H13NO3. The van der Waals surface area contributed by atoms with E-state index >= 15 is 0 Å². The SMILES string of the molecule is c1ccc(-c2nc3cc(OCC4CO4)ccc3o2)cc1.